The van der Waals surface area contributed by atoms with Crippen LogP contribution in [0.2, 0.25) is 0 Å². The number of hydrogen-bond donors (Lipinski definition) is 2. The molecule has 2 bridgehead atoms. The number of hydrogen-bond acceptors (Lipinski definition) is 2. The molecule has 3 aliphatic rings. The molecular formula is C21H21NO2. The van der Waals surface area contributed by atoms with E-state index in [9.17, 15) is 9.90 Å². The molecule has 2 aromatic carbocycles. The van der Waals surface area contributed by atoms with E-state index < -0.39 is 5.97 Å². The summed E-state index contributed by atoms with van der Waals surface area (Å²) in [5.74, 6) is 1.73. The second kappa shape index (κ2) is 5.10. The van der Waals surface area contributed by atoms with E-state index in [4.69, 9.17) is 0 Å². The highest BCUT2D eigenvalue weighted by atomic mass is 16.4. The zero-order valence-electron chi connectivity index (χ0n) is 13.5. The van der Waals surface area contributed by atoms with Gasteiger partial charge in [-0.15, -0.1) is 0 Å². The molecule has 122 valence electrons. The summed E-state index contributed by atoms with van der Waals surface area (Å²) in [4.78, 5) is 11.7. The van der Waals surface area contributed by atoms with Gasteiger partial charge in [-0.05, 0) is 60.1 Å². The highest BCUT2D eigenvalue weighted by molar-refractivity contribution is 5.95. The summed E-state index contributed by atoms with van der Waals surface area (Å²) in [5.41, 5.74) is 3.78. The third-order valence-electron chi connectivity index (χ3n) is 6.51. The molecular weight excluding hydrogens is 298 g/mol. The Hall–Kier alpha value is -2.29. The Bertz CT molecular complexity index is 801. The smallest absolute Gasteiger partial charge is 0.337 e. The minimum atomic E-state index is -0.840. The number of carboxylic acids is 1. The van der Waals surface area contributed by atoms with Gasteiger partial charge in [0.2, 0.25) is 0 Å². The van der Waals surface area contributed by atoms with E-state index in [0.29, 0.717) is 17.4 Å². The summed E-state index contributed by atoms with van der Waals surface area (Å²) >= 11 is 0. The molecule has 5 atom stereocenters. The van der Waals surface area contributed by atoms with Crippen LogP contribution in [0.3, 0.4) is 0 Å². The molecule has 5 rings (SSSR count). The lowest BCUT2D eigenvalue weighted by molar-refractivity contribution is 0.0697. The van der Waals surface area contributed by atoms with Gasteiger partial charge in [0.25, 0.3) is 0 Å². The average Bonchev–Trinajstić information content (AvgIpc) is 3.23. The van der Waals surface area contributed by atoms with Crippen LogP contribution in [0.15, 0.2) is 48.5 Å². The molecule has 0 radical (unpaired) electrons. The van der Waals surface area contributed by atoms with Crippen molar-refractivity contribution in [1.82, 2.24) is 0 Å². The molecule has 0 amide bonds. The molecule has 1 heterocycles. The van der Waals surface area contributed by atoms with E-state index in [1.54, 1.807) is 6.07 Å². The molecule has 0 saturated heterocycles. The Kier molecular flexibility index (Phi) is 2.99. The lowest BCUT2D eigenvalue weighted by atomic mass is 9.67. The van der Waals surface area contributed by atoms with Crippen LogP contribution in [0.1, 0.15) is 52.7 Å². The second-order valence-electron chi connectivity index (χ2n) is 7.54. The van der Waals surface area contributed by atoms with E-state index in [1.165, 1.54) is 30.4 Å². The Morgan fingerprint density at radius 3 is 2.58 bits per heavy atom. The van der Waals surface area contributed by atoms with Gasteiger partial charge in [0.1, 0.15) is 0 Å². The lowest BCUT2D eigenvalue weighted by Crippen LogP contribution is -2.36. The van der Waals surface area contributed by atoms with Crippen molar-refractivity contribution in [1.29, 1.82) is 0 Å². The largest absolute Gasteiger partial charge is 0.478 e. The van der Waals surface area contributed by atoms with E-state index >= 15 is 0 Å². The van der Waals surface area contributed by atoms with Crippen molar-refractivity contribution < 1.29 is 9.90 Å². The summed E-state index contributed by atoms with van der Waals surface area (Å²) < 4.78 is 0. The van der Waals surface area contributed by atoms with E-state index in [-0.39, 0.29) is 6.04 Å². The molecule has 0 unspecified atom stereocenters. The molecule has 0 aromatic heterocycles. The molecule has 2 saturated carbocycles. The van der Waals surface area contributed by atoms with Crippen molar-refractivity contribution in [3.8, 4) is 0 Å². The SMILES string of the molecule is O=C(O)c1cccc2c1N[C@H](c1ccccc1)[C@H]1[C@@H]3CC[C@@H](C3)[C@@H]21. The van der Waals surface area contributed by atoms with Gasteiger partial charge in [-0.1, -0.05) is 42.5 Å². The summed E-state index contributed by atoms with van der Waals surface area (Å²) in [7, 11) is 0. The Labute approximate surface area is 141 Å². The monoisotopic (exact) mass is 319 g/mol. The number of nitrogens with one attached hydrogen (secondary N) is 1. The number of anilines is 1. The van der Waals surface area contributed by atoms with Crippen molar-refractivity contribution in [2.45, 2.75) is 31.2 Å². The van der Waals surface area contributed by atoms with Crippen LogP contribution in [0, 0.1) is 17.8 Å². The minimum Gasteiger partial charge on any atom is -0.478 e. The van der Waals surface area contributed by atoms with E-state index in [1.807, 2.05) is 12.1 Å². The van der Waals surface area contributed by atoms with Gasteiger partial charge in [-0.25, -0.2) is 4.79 Å². The first-order chi connectivity index (χ1) is 11.7. The maximum atomic E-state index is 11.7. The Morgan fingerprint density at radius 2 is 1.79 bits per heavy atom. The molecule has 3 heteroatoms. The predicted octanol–water partition coefficient (Wildman–Crippen LogP) is 4.68. The first-order valence-electron chi connectivity index (χ1n) is 8.91. The van der Waals surface area contributed by atoms with Crippen molar-refractivity contribution in [3.63, 3.8) is 0 Å². The topological polar surface area (TPSA) is 49.3 Å². The number of carbonyl (C=O) groups is 1. The quantitative estimate of drug-likeness (QED) is 0.845. The summed E-state index contributed by atoms with van der Waals surface area (Å²) in [6.45, 7) is 0. The van der Waals surface area contributed by atoms with Crippen LogP contribution in [0.4, 0.5) is 5.69 Å². The summed E-state index contributed by atoms with van der Waals surface area (Å²) in [6.07, 6.45) is 3.92. The van der Waals surface area contributed by atoms with Crippen molar-refractivity contribution in [3.05, 3.63) is 65.2 Å². The predicted molar refractivity (Wildman–Crippen MR) is 93.3 cm³/mol. The normalized spacial score (nSPS) is 32.8. The molecule has 1 aliphatic heterocycles. The average molecular weight is 319 g/mol. The molecule has 2 fully saturated rings. The van der Waals surface area contributed by atoms with Crippen LogP contribution in [0.5, 0.6) is 0 Å². The van der Waals surface area contributed by atoms with Gasteiger partial charge in [0, 0.05) is 0 Å². The minimum absolute atomic E-state index is 0.222. The number of rotatable bonds is 2. The highest BCUT2D eigenvalue weighted by Gasteiger charge is 2.54. The molecule has 3 nitrogen and oxygen atoms in total. The number of benzene rings is 2. The first kappa shape index (κ1) is 14.1. The van der Waals surface area contributed by atoms with Gasteiger partial charge in [0.15, 0.2) is 0 Å². The van der Waals surface area contributed by atoms with Crippen LogP contribution in [0.25, 0.3) is 0 Å². The standard InChI is InChI=1S/C21H21NO2/c23-21(24)16-8-4-7-15-17-13-9-10-14(11-13)18(17)19(22-20(15)16)12-5-2-1-3-6-12/h1-8,13-14,17-19,22H,9-11H2,(H,23,24)/t13-,14+,17-,18-,19+/m0/s1. The zero-order chi connectivity index (χ0) is 16.3. The van der Waals surface area contributed by atoms with Crippen molar-refractivity contribution >= 4 is 11.7 Å². The first-order valence-corrected chi connectivity index (χ1v) is 8.91. The van der Waals surface area contributed by atoms with Crippen LogP contribution in [-0.4, -0.2) is 11.1 Å². The molecule has 24 heavy (non-hydrogen) atoms. The fourth-order valence-electron chi connectivity index (χ4n) is 5.68. The lowest BCUT2D eigenvalue weighted by Gasteiger charge is -2.44. The Morgan fingerprint density at radius 1 is 1.00 bits per heavy atom. The maximum Gasteiger partial charge on any atom is 0.337 e. The van der Waals surface area contributed by atoms with Crippen molar-refractivity contribution in [2.24, 2.45) is 17.8 Å². The number of carboxylic acid groups (broad SMARTS) is 1. The van der Waals surface area contributed by atoms with Crippen LogP contribution in [-0.2, 0) is 0 Å². The van der Waals surface area contributed by atoms with Gasteiger partial charge in [0.05, 0.1) is 17.3 Å². The highest BCUT2D eigenvalue weighted by Crippen LogP contribution is 2.63. The number of aromatic carboxylic acids is 1. The Balaban J connectivity index is 1.69. The van der Waals surface area contributed by atoms with Crippen LogP contribution < -0.4 is 5.32 Å². The fourth-order valence-corrected chi connectivity index (χ4v) is 5.68. The molecule has 2 aromatic rings. The zero-order valence-corrected chi connectivity index (χ0v) is 13.5. The third kappa shape index (κ3) is 1.87. The van der Waals surface area contributed by atoms with Gasteiger partial charge < -0.3 is 10.4 Å². The van der Waals surface area contributed by atoms with E-state index in [2.05, 4.69) is 35.6 Å². The van der Waals surface area contributed by atoms with Crippen molar-refractivity contribution in [2.75, 3.05) is 5.32 Å². The maximum absolute atomic E-state index is 11.7. The molecule has 2 N–H and O–H groups in total. The molecule has 0 spiro atoms. The third-order valence-corrected chi connectivity index (χ3v) is 6.51. The number of para-hydroxylation sites is 1. The van der Waals surface area contributed by atoms with Gasteiger partial charge >= 0.3 is 5.97 Å². The van der Waals surface area contributed by atoms with Crippen LogP contribution >= 0.6 is 0 Å². The van der Waals surface area contributed by atoms with Gasteiger partial charge in [-0.3, -0.25) is 0 Å². The summed E-state index contributed by atoms with van der Waals surface area (Å²) in [6, 6.07) is 16.6. The van der Waals surface area contributed by atoms with Gasteiger partial charge in [-0.2, -0.15) is 0 Å². The summed E-state index contributed by atoms with van der Waals surface area (Å²) in [5, 5.41) is 13.3. The van der Waals surface area contributed by atoms with E-state index in [0.717, 1.165) is 17.5 Å². The number of fused-ring (bicyclic) bond motifs is 7. The second-order valence-corrected chi connectivity index (χ2v) is 7.54. The molecule has 2 aliphatic carbocycles. The fraction of sp³-hybridized carbons (Fsp3) is 0.381.